The van der Waals surface area contributed by atoms with E-state index < -0.39 is 0 Å². The number of aromatic nitrogens is 6. The maximum absolute atomic E-state index is 4.40. The molecule has 0 fully saturated rings. The number of pyridine rings is 2. The molecule has 7 nitrogen and oxygen atoms in total. The lowest BCUT2D eigenvalue weighted by Crippen LogP contribution is -2.00. The van der Waals surface area contributed by atoms with Crippen LogP contribution in [0.2, 0.25) is 0 Å². The van der Waals surface area contributed by atoms with Crippen LogP contribution < -0.4 is 5.32 Å². The SMILES string of the molecule is CNc1ccc(C)cn1.Cc1ccccn1.Cc1nc2c([nH]1)CCCC2.Cc1nc2ccccc2[nH]1. The Hall–Kier alpha value is -4.00. The molecule has 1 aliphatic rings. The average Bonchev–Trinajstić information content (AvgIpc) is 3.46. The Morgan fingerprint density at radius 1 is 0.750 bits per heavy atom. The Kier molecular flexibility index (Phi) is 10.2. The Labute approximate surface area is 213 Å². The molecular formula is C29H37N7. The van der Waals surface area contributed by atoms with Crippen molar-refractivity contribution in [1.29, 1.82) is 0 Å². The lowest BCUT2D eigenvalue weighted by atomic mass is 10.0. The van der Waals surface area contributed by atoms with Gasteiger partial charge in [0.15, 0.2) is 0 Å². The predicted octanol–water partition coefficient (Wildman–Crippen LogP) is 6.29. The third-order valence-corrected chi connectivity index (χ3v) is 5.56. The van der Waals surface area contributed by atoms with Crippen molar-refractivity contribution in [3.63, 3.8) is 0 Å². The summed E-state index contributed by atoms with van der Waals surface area (Å²) in [7, 11) is 1.86. The van der Waals surface area contributed by atoms with Gasteiger partial charge < -0.3 is 15.3 Å². The molecule has 0 aliphatic heterocycles. The van der Waals surface area contributed by atoms with Crippen LogP contribution in [0.3, 0.4) is 0 Å². The highest BCUT2D eigenvalue weighted by molar-refractivity contribution is 5.74. The number of nitrogens with one attached hydrogen (secondary N) is 3. The van der Waals surface area contributed by atoms with E-state index in [-0.39, 0.29) is 0 Å². The normalized spacial score (nSPS) is 11.6. The van der Waals surface area contributed by atoms with Crippen molar-refractivity contribution in [1.82, 2.24) is 29.9 Å². The van der Waals surface area contributed by atoms with E-state index in [1.165, 1.54) is 42.6 Å². The quantitative estimate of drug-likeness (QED) is 0.260. The van der Waals surface area contributed by atoms with Gasteiger partial charge in [-0.05, 0) is 89.3 Å². The summed E-state index contributed by atoms with van der Waals surface area (Å²) in [6.07, 6.45) is 8.66. The van der Waals surface area contributed by atoms with Crippen LogP contribution in [0.1, 0.15) is 47.1 Å². The number of aryl methyl sites for hydroxylation is 6. The molecular weight excluding hydrogens is 446 g/mol. The highest BCUT2D eigenvalue weighted by atomic mass is 14.9. The number of aromatic amines is 2. The highest BCUT2D eigenvalue weighted by Gasteiger charge is 2.11. The van der Waals surface area contributed by atoms with Gasteiger partial charge in [0.05, 0.1) is 16.7 Å². The largest absolute Gasteiger partial charge is 0.373 e. The number of H-pyrrole nitrogens is 2. The van der Waals surface area contributed by atoms with E-state index in [0.717, 1.165) is 34.2 Å². The van der Waals surface area contributed by atoms with Gasteiger partial charge in [-0.25, -0.2) is 15.0 Å². The topological polar surface area (TPSA) is 95.2 Å². The first-order valence-electron chi connectivity index (χ1n) is 12.4. The van der Waals surface area contributed by atoms with Crippen molar-refractivity contribution < 1.29 is 0 Å². The predicted molar refractivity (Wildman–Crippen MR) is 148 cm³/mol. The van der Waals surface area contributed by atoms with Gasteiger partial charge in [-0.3, -0.25) is 4.98 Å². The molecule has 188 valence electrons. The molecule has 0 unspecified atom stereocenters. The van der Waals surface area contributed by atoms with E-state index in [2.05, 4.69) is 35.2 Å². The zero-order valence-corrected chi connectivity index (χ0v) is 22.0. The maximum atomic E-state index is 4.40. The minimum atomic E-state index is 0.917. The summed E-state index contributed by atoms with van der Waals surface area (Å²) < 4.78 is 0. The summed E-state index contributed by atoms with van der Waals surface area (Å²) >= 11 is 0. The summed E-state index contributed by atoms with van der Waals surface area (Å²) in [5.41, 5.74) is 7.10. The molecule has 6 rings (SSSR count). The molecule has 7 heteroatoms. The molecule has 0 amide bonds. The van der Waals surface area contributed by atoms with Gasteiger partial charge in [0, 0.05) is 30.8 Å². The first kappa shape index (κ1) is 26.6. The van der Waals surface area contributed by atoms with Crippen LogP contribution in [0.25, 0.3) is 11.0 Å². The van der Waals surface area contributed by atoms with Gasteiger partial charge in [0.25, 0.3) is 0 Å². The van der Waals surface area contributed by atoms with Gasteiger partial charge in [0.2, 0.25) is 0 Å². The van der Waals surface area contributed by atoms with E-state index >= 15 is 0 Å². The fraction of sp³-hybridized carbons (Fsp3) is 0.310. The standard InChI is InChI=1S/C8H12N2.C8H8N2.C7H10N2.C6H7N/c2*1-6-9-7-4-2-3-5-8(7)10-6;1-6-3-4-7(8-2)9-5-6;1-6-4-2-3-5-7-6/h2-5H2,1H3,(H,9,10);2-5H,1H3,(H,9,10);3-5H,1-2H3,(H,8,9);2-5H,1H3. The zero-order valence-electron chi connectivity index (χ0n) is 22.0. The Balaban J connectivity index is 0.000000135. The number of hydrogen-bond acceptors (Lipinski definition) is 5. The van der Waals surface area contributed by atoms with Crippen LogP contribution in [0, 0.1) is 27.7 Å². The summed E-state index contributed by atoms with van der Waals surface area (Å²) in [5.74, 6) is 2.97. The van der Waals surface area contributed by atoms with Gasteiger partial charge in [-0.15, -0.1) is 0 Å². The molecule has 0 saturated heterocycles. The summed E-state index contributed by atoms with van der Waals surface area (Å²) in [4.78, 5) is 23.2. The van der Waals surface area contributed by atoms with E-state index in [0.29, 0.717) is 0 Å². The first-order valence-corrected chi connectivity index (χ1v) is 12.4. The van der Waals surface area contributed by atoms with Crippen LogP contribution in [-0.2, 0) is 12.8 Å². The Morgan fingerprint density at radius 3 is 2.11 bits per heavy atom. The van der Waals surface area contributed by atoms with Gasteiger partial charge in [-0.1, -0.05) is 24.3 Å². The van der Waals surface area contributed by atoms with Crippen molar-refractivity contribution >= 4 is 16.9 Å². The van der Waals surface area contributed by atoms with E-state index in [9.17, 15) is 0 Å². The number of imidazole rings is 2. The van der Waals surface area contributed by atoms with Crippen LogP contribution in [0.15, 0.2) is 67.0 Å². The van der Waals surface area contributed by atoms with Crippen LogP contribution in [-0.4, -0.2) is 37.0 Å². The highest BCUT2D eigenvalue weighted by Crippen LogP contribution is 2.17. The number of nitrogens with zero attached hydrogens (tertiary/aromatic N) is 4. The monoisotopic (exact) mass is 483 g/mol. The number of fused-ring (bicyclic) bond motifs is 2. The number of anilines is 1. The summed E-state index contributed by atoms with van der Waals surface area (Å²) in [6, 6.07) is 17.8. The zero-order chi connectivity index (χ0) is 25.8. The molecule has 0 atom stereocenters. The van der Waals surface area contributed by atoms with Crippen molar-refractivity contribution in [2.45, 2.75) is 53.4 Å². The fourth-order valence-electron chi connectivity index (χ4n) is 3.74. The third-order valence-electron chi connectivity index (χ3n) is 5.56. The Morgan fingerprint density at radius 2 is 1.50 bits per heavy atom. The minimum Gasteiger partial charge on any atom is -0.373 e. The lowest BCUT2D eigenvalue weighted by Gasteiger charge is -2.07. The lowest BCUT2D eigenvalue weighted by molar-refractivity contribution is 0.667. The second-order valence-electron chi connectivity index (χ2n) is 8.74. The van der Waals surface area contributed by atoms with Crippen molar-refractivity contribution in [2.24, 2.45) is 0 Å². The molecule has 5 aromatic rings. The molecule has 36 heavy (non-hydrogen) atoms. The third kappa shape index (κ3) is 8.65. The minimum absolute atomic E-state index is 0.917. The van der Waals surface area contributed by atoms with Crippen LogP contribution in [0.5, 0.6) is 0 Å². The first-order chi connectivity index (χ1) is 17.4. The van der Waals surface area contributed by atoms with E-state index in [4.69, 9.17) is 0 Å². The maximum Gasteiger partial charge on any atom is 0.125 e. The molecule has 0 spiro atoms. The number of rotatable bonds is 1. The molecule has 4 aromatic heterocycles. The molecule has 0 radical (unpaired) electrons. The van der Waals surface area contributed by atoms with Crippen molar-refractivity contribution in [2.75, 3.05) is 12.4 Å². The van der Waals surface area contributed by atoms with Crippen LogP contribution >= 0.6 is 0 Å². The summed E-state index contributed by atoms with van der Waals surface area (Å²) in [6.45, 7) is 7.98. The number of hydrogen-bond donors (Lipinski definition) is 3. The molecule has 0 bridgehead atoms. The molecule has 4 heterocycles. The van der Waals surface area contributed by atoms with Crippen LogP contribution in [0.4, 0.5) is 5.82 Å². The van der Waals surface area contributed by atoms with Crippen molar-refractivity contribution in [3.05, 3.63) is 101 Å². The van der Waals surface area contributed by atoms with E-state index in [1.54, 1.807) is 6.20 Å². The molecule has 1 aliphatic carbocycles. The molecule has 1 aromatic carbocycles. The molecule has 3 N–H and O–H groups in total. The fourth-order valence-corrected chi connectivity index (χ4v) is 3.74. The smallest absolute Gasteiger partial charge is 0.125 e. The number of benzene rings is 1. The van der Waals surface area contributed by atoms with Gasteiger partial charge in [-0.2, -0.15) is 0 Å². The average molecular weight is 484 g/mol. The van der Waals surface area contributed by atoms with Gasteiger partial charge >= 0.3 is 0 Å². The second-order valence-corrected chi connectivity index (χ2v) is 8.74. The number of para-hydroxylation sites is 2. The van der Waals surface area contributed by atoms with E-state index in [1.807, 2.05) is 95.5 Å². The Bertz CT molecular complexity index is 1250. The molecule has 0 saturated carbocycles. The van der Waals surface area contributed by atoms with Crippen molar-refractivity contribution in [3.8, 4) is 0 Å². The summed E-state index contributed by atoms with van der Waals surface area (Å²) in [5, 5.41) is 2.94. The van der Waals surface area contributed by atoms with Gasteiger partial charge in [0.1, 0.15) is 17.5 Å². The second kappa shape index (κ2) is 13.8.